The lowest BCUT2D eigenvalue weighted by atomic mass is 9.92. The lowest BCUT2D eigenvalue weighted by Gasteiger charge is -2.14. The summed E-state index contributed by atoms with van der Waals surface area (Å²) in [6.45, 7) is 0.516. The minimum absolute atomic E-state index is 0.516. The highest BCUT2D eigenvalue weighted by Gasteiger charge is 2.23. The van der Waals surface area contributed by atoms with Gasteiger partial charge in [0.2, 0.25) is 0 Å². The maximum Gasteiger partial charge on any atom is 0.181 e. The van der Waals surface area contributed by atoms with Crippen LogP contribution in [0.5, 0.6) is 0 Å². The van der Waals surface area contributed by atoms with Crippen LogP contribution in [-0.4, -0.2) is 14.8 Å². The second-order valence-corrected chi connectivity index (χ2v) is 14.5. The van der Waals surface area contributed by atoms with Gasteiger partial charge < -0.3 is 4.42 Å². The first-order valence-corrected chi connectivity index (χ1v) is 19.2. The van der Waals surface area contributed by atoms with Crippen molar-refractivity contribution < 1.29 is 4.42 Å². The van der Waals surface area contributed by atoms with Gasteiger partial charge in [-0.25, -0.2) is 9.67 Å². The Morgan fingerprint density at radius 2 is 1.09 bits per heavy atom. The van der Waals surface area contributed by atoms with Gasteiger partial charge >= 0.3 is 0 Å². The van der Waals surface area contributed by atoms with Crippen LogP contribution in [0.3, 0.4) is 0 Å². The molecule has 0 aliphatic heterocycles. The zero-order valence-corrected chi connectivity index (χ0v) is 30.6. The zero-order chi connectivity index (χ0) is 37.0. The molecule has 1 aliphatic carbocycles. The third kappa shape index (κ3) is 5.38. The molecule has 0 atom stereocenters. The van der Waals surface area contributed by atoms with Crippen LogP contribution >= 0.6 is 0 Å². The van der Waals surface area contributed by atoms with E-state index in [0.717, 1.165) is 73.1 Å². The molecule has 10 aromatic rings. The van der Waals surface area contributed by atoms with Gasteiger partial charge in [-0.2, -0.15) is 5.10 Å². The first-order valence-electron chi connectivity index (χ1n) is 19.2. The summed E-state index contributed by atoms with van der Waals surface area (Å²) >= 11 is 0. The highest BCUT2D eigenvalue weighted by atomic mass is 16.3. The van der Waals surface area contributed by atoms with Crippen LogP contribution in [0.2, 0.25) is 0 Å². The number of nitrogens with zero attached hydrogens (tertiary/aromatic N) is 3. The van der Waals surface area contributed by atoms with Gasteiger partial charge in [0.25, 0.3) is 0 Å². The van der Waals surface area contributed by atoms with Crippen molar-refractivity contribution in [1.29, 1.82) is 0 Å². The standard InChI is InChI=1S/C52H35N3O/c1-3-15-34(16-4-1)43-27-14-29-46-49-39(22-12-30-48(49)56-50(43)46)33-55-52(53-51(54-55)35-17-5-2-6-18-35)45-25-10-9-24-41(45)36-20-11-21-37(31-36)42-26-13-28-44-40-23-8-7-19-38(40)32-47(42)44/h1-31H,32-33H2. The molecule has 56 heavy (non-hydrogen) atoms. The lowest BCUT2D eigenvalue weighted by molar-refractivity contribution is 0.667. The fraction of sp³-hybridized carbons (Fsp3) is 0.0385. The molecule has 0 unspecified atom stereocenters. The average molecular weight is 718 g/mol. The molecule has 264 valence electrons. The molecule has 0 N–H and O–H groups in total. The molecule has 11 rings (SSSR count). The Labute approximate surface area is 325 Å². The number of aromatic nitrogens is 3. The molecule has 0 spiro atoms. The maximum atomic E-state index is 6.63. The molecule has 1 aliphatic rings. The highest BCUT2D eigenvalue weighted by Crippen LogP contribution is 2.43. The minimum atomic E-state index is 0.516. The van der Waals surface area contributed by atoms with Gasteiger partial charge in [0, 0.05) is 27.5 Å². The van der Waals surface area contributed by atoms with Gasteiger partial charge in [-0.3, -0.25) is 0 Å². The van der Waals surface area contributed by atoms with Gasteiger partial charge in [-0.15, -0.1) is 0 Å². The number of para-hydroxylation sites is 1. The number of benzene rings is 8. The van der Waals surface area contributed by atoms with Crippen molar-refractivity contribution in [3.8, 4) is 67.3 Å². The van der Waals surface area contributed by atoms with Crippen LogP contribution in [0.1, 0.15) is 16.7 Å². The van der Waals surface area contributed by atoms with Crippen molar-refractivity contribution in [3.05, 3.63) is 205 Å². The number of hydrogen-bond acceptors (Lipinski definition) is 3. The number of hydrogen-bond donors (Lipinski definition) is 0. The molecular weight excluding hydrogens is 683 g/mol. The molecule has 0 bridgehead atoms. The molecule has 0 fully saturated rings. The van der Waals surface area contributed by atoms with Crippen molar-refractivity contribution in [2.45, 2.75) is 13.0 Å². The molecule has 2 aromatic heterocycles. The molecule has 4 nitrogen and oxygen atoms in total. The monoisotopic (exact) mass is 717 g/mol. The molecule has 4 heteroatoms. The summed E-state index contributed by atoms with van der Waals surface area (Å²) in [7, 11) is 0. The van der Waals surface area contributed by atoms with Crippen LogP contribution < -0.4 is 0 Å². The molecule has 0 saturated heterocycles. The Hall–Kier alpha value is -7.30. The Morgan fingerprint density at radius 1 is 0.482 bits per heavy atom. The first kappa shape index (κ1) is 32.2. The van der Waals surface area contributed by atoms with Gasteiger partial charge in [-0.05, 0) is 74.2 Å². The third-order valence-electron chi connectivity index (χ3n) is 11.2. The van der Waals surface area contributed by atoms with E-state index in [1.807, 2.05) is 24.3 Å². The van der Waals surface area contributed by atoms with E-state index < -0.39 is 0 Å². The molecule has 0 saturated carbocycles. The van der Waals surface area contributed by atoms with Crippen LogP contribution in [0.4, 0.5) is 0 Å². The van der Waals surface area contributed by atoms with E-state index >= 15 is 0 Å². The predicted octanol–water partition coefficient (Wildman–Crippen LogP) is 13.1. The van der Waals surface area contributed by atoms with Crippen LogP contribution in [0.15, 0.2) is 192 Å². The average Bonchev–Trinajstić information content (AvgIpc) is 3.98. The van der Waals surface area contributed by atoms with E-state index in [-0.39, 0.29) is 0 Å². The van der Waals surface area contributed by atoms with E-state index in [2.05, 4.69) is 168 Å². The summed E-state index contributed by atoms with van der Waals surface area (Å²) in [5.74, 6) is 1.51. The zero-order valence-electron chi connectivity index (χ0n) is 30.6. The first-order chi connectivity index (χ1) is 27.8. The Morgan fingerprint density at radius 3 is 1.93 bits per heavy atom. The maximum absolute atomic E-state index is 6.63. The van der Waals surface area contributed by atoms with Crippen molar-refractivity contribution in [2.75, 3.05) is 0 Å². The Bertz CT molecular complexity index is 3080. The topological polar surface area (TPSA) is 43.9 Å². The summed E-state index contributed by atoms with van der Waals surface area (Å²) < 4.78 is 8.70. The van der Waals surface area contributed by atoms with Crippen molar-refractivity contribution in [2.24, 2.45) is 0 Å². The molecule has 0 amide bonds. The van der Waals surface area contributed by atoms with E-state index in [1.54, 1.807) is 0 Å². The SMILES string of the molecule is c1ccc(-c2nc(-c3ccccc3-c3cccc(-c4cccc5c4Cc4ccccc4-5)c3)n(Cc3cccc4oc5c(-c6ccccc6)cccc5c34)n2)cc1. The lowest BCUT2D eigenvalue weighted by Crippen LogP contribution is -2.05. The Kier molecular flexibility index (Phi) is 7.59. The Balaban J connectivity index is 1.04. The summed E-state index contributed by atoms with van der Waals surface area (Å²) in [5, 5.41) is 7.41. The summed E-state index contributed by atoms with van der Waals surface area (Å²) in [5.41, 5.74) is 17.3. The number of fused-ring (bicyclic) bond motifs is 6. The second kappa shape index (κ2) is 13.2. The summed E-state index contributed by atoms with van der Waals surface area (Å²) in [4.78, 5) is 5.30. The fourth-order valence-electron chi connectivity index (χ4n) is 8.63. The van der Waals surface area contributed by atoms with Crippen molar-refractivity contribution in [1.82, 2.24) is 14.8 Å². The van der Waals surface area contributed by atoms with Crippen molar-refractivity contribution in [3.63, 3.8) is 0 Å². The minimum Gasteiger partial charge on any atom is -0.455 e. The van der Waals surface area contributed by atoms with E-state index in [4.69, 9.17) is 14.5 Å². The van der Waals surface area contributed by atoms with Crippen molar-refractivity contribution >= 4 is 21.9 Å². The van der Waals surface area contributed by atoms with Crippen LogP contribution in [-0.2, 0) is 13.0 Å². The quantitative estimate of drug-likeness (QED) is 0.165. The van der Waals surface area contributed by atoms with E-state index in [0.29, 0.717) is 12.4 Å². The summed E-state index contributed by atoms with van der Waals surface area (Å²) in [6.07, 6.45) is 0.945. The largest absolute Gasteiger partial charge is 0.455 e. The predicted molar refractivity (Wildman–Crippen MR) is 228 cm³/mol. The van der Waals surface area contributed by atoms with E-state index in [9.17, 15) is 0 Å². The summed E-state index contributed by atoms with van der Waals surface area (Å²) in [6, 6.07) is 66.5. The molecule has 2 heterocycles. The number of rotatable bonds is 7. The van der Waals surface area contributed by atoms with Gasteiger partial charge in [0.1, 0.15) is 11.2 Å². The van der Waals surface area contributed by atoms with Gasteiger partial charge in [0.15, 0.2) is 11.6 Å². The molecule has 8 aromatic carbocycles. The van der Waals surface area contributed by atoms with Crippen LogP contribution in [0, 0.1) is 0 Å². The fourth-order valence-corrected chi connectivity index (χ4v) is 8.63. The number of furan rings is 1. The normalized spacial score (nSPS) is 11.9. The molecular formula is C52H35N3O. The smallest absolute Gasteiger partial charge is 0.181 e. The second-order valence-electron chi connectivity index (χ2n) is 14.5. The van der Waals surface area contributed by atoms with Gasteiger partial charge in [-0.1, -0.05) is 176 Å². The van der Waals surface area contributed by atoms with E-state index in [1.165, 1.54) is 33.4 Å². The third-order valence-corrected chi connectivity index (χ3v) is 11.2. The van der Waals surface area contributed by atoms with Gasteiger partial charge in [0.05, 0.1) is 6.54 Å². The van der Waals surface area contributed by atoms with Crippen LogP contribution in [0.25, 0.3) is 89.2 Å². The molecule has 0 radical (unpaired) electrons. The highest BCUT2D eigenvalue weighted by molar-refractivity contribution is 6.11.